The zero-order valence-electron chi connectivity index (χ0n) is 19.4. The van der Waals surface area contributed by atoms with Crippen LogP contribution in [0.4, 0.5) is 16.2 Å². The first kappa shape index (κ1) is 24.2. The van der Waals surface area contributed by atoms with Gasteiger partial charge in [-0.3, -0.25) is 14.9 Å². The minimum Gasteiger partial charge on any atom is -0.362 e. The highest BCUT2D eigenvalue weighted by atomic mass is 79.9. The summed E-state index contributed by atoms with van der Waals surface area (Å²) in [5.41, 5.74) is 3.66. The van der Waals surface area contributed by atoms with Gasteiger partial charge in [-0.2, -0.15) is 0 Å². The molecule has 1 saturated heterocycles. The van der Waals surface area contributed by atoms with Gasteiger partial charge in [0.05, 0.1) is 11.2 Å². The number of hydrogen-bond acceptors (Lipinski definition) is 4. The molecule has 1 N–H and O–H groups in total. The van der Waals surface area contributed by atoms with Gasteiger partial charge in [0.1, 0.15) is 5.57 Å². The first-order valence-corrected chi connectivity index (χ1v) is 12.2. The van der Waals surface area contributed by atoms with Crippen molar-refractivity contribution in [3.05, 3.63) is 68.7 Å². The van der Waals surface area contributed by atoms with E-state index in [1.54, 1.807) is 24.3 Å². The lowest BCUT2D eigenvalue weighted by atomic mass is 9.87. The van der Waals surface area contributed by atoms with Crippen LogP contribution in [0.3, 0.4) is 0 Å². The third kappa shape index (κ3) is 4.30. The standard InChI is InChI=1S/C26H25BrClN3O3/c1-5-9-30-22-13-21(28)16(10-19(22)15(2)14-26(30,3)4)11-20-23(32)29-25(34)31(24(20)33)18-8-6-7-17(27)12-18/h6-8,10-14H,5,9H2,1-4H3,(H,29,32,34)/b20-11-. The molecule has 2 heterocycles. The summed E-state index contributed by atoms with van der Waals surface area (Å²) >= 11 is 10.0. The molecule has 0 unspecified atom stereocenters. The van der Waals surface area contributed by atoms with Crippen molar-refractivity contribution in [2.75, 3.05) is 16.3 Å². The fourth-order valence-corrected chi connectivity index (χ4v) is 5.12. The van der Waals surface area contributed by atoms with Crippen molar-refractivity contribution < 1.29 is 14.4 Å². The van der Waals surface area contributed by atoms with E-state index in [9.17, 15) is 14.4 Å². The fourth-order valence-electron chi connectivity index (χ4n) is 4.52. The Morgan fingerprint density at radius 2 is 1.88 bits per heavy atom. The summed E-state index contributed by atoms with van der Waals surface area (Å²) < 4.78 is 0.701. The second-order valence-electron chi connectivity index (χ2n) is 8.96. The van der Waals surface area contributed by atoms with Crippen molar-refractivity contribution in [2.45, 2.75) is 39.7 Å². The van der Waals surface area contributed by atoms with Gasteiger partial charge in [-0.1, -0.05) is 46.6 Å². The maximum atomic E-state index is 13.2. The maximum Gasteiger partial charge on any atom is 0.335 e. The number of carbonyl (C=O) groups excluding carboxylic acids is 3. The number of benzene rings is 2. The summed E-state index contributed by atoms with van der Waals surface area (Å²) in [5, 5.41) is 2.67. The molecule has 4 amide bonds. The first-order valence-electron chi connectivity index (χ1n) is 11.0. The van der Waals surface area contributed by atoms with Crippen molar-refractivity contribution in [1.82, 2.24) is 5.32 Å². The second-order valence-corrected chi connectivity index (χ2v) is 10.3. The van der Waals surface area contributed by atoms with E-state index in [0.29, 0.717) is 20.7 Å². The van der Waals surface area contributed by atoms with Crippen LogP contribution in [0.25, 0.3) is 11.6 Å². The van der Waals surface area contributed by atoms with E-state index in [1.807, 2.05) is 19.1 Å². The van der Waals surface area contributed by atoms with Gasteiger partial charge < -0.3 is 4.90 Å². The summed E-state index contributed by atoms with van der Waals surface area (Å²) in [6.45, 7) is 9.37. The molecule has 176 valence electrons. The third-order valence-electron chi connectivity index (χ3n) is 6.01. The number of hydrogen-bond donors (Lipinski definition) is 1. The van der Waals surface area contributed by atoms with Crippen molar-refractivity contribution >= 4 is 68.4 Å². The molecule has 0 atom stereocenters. The number of imide groups is 2. The second kappa shape index (κ2) is 9.04. The smallest absolute Gasteiger partial charge is 0.335 e. The number of anilines is 2. The van der Waals surface area contributed by atoms with Crippen LogP contribution in [-0.4, -0.2) is 29.9 Å². The number of amides is 4. The van der Waals surface area contributed by atoms with Crippen LogP contribution in [0.1, 0.15) is 45.2 Å². The van der Waals surface area contributed by atoms with Crippen molar-refractivity contribution in [3.63, 3.8) is 0 Å². The number of halogens is 2. The van der Waals surface area contributed by atoms with Crippen LogP contribution in [-0.2, 0) is 9.59 Å². The Labute approximate surface area is 212 Å². The largest absolute Gasteiger partial charge is 0.362 e. The molecule has 0 spiro atoms. The van der Waals surface area contributed by atoms with Crippen molar-refractivity contribution in [1.29, 1.82) is 0 Å². The number of barbiturate groups is 1. The molecule has 1 fully saturated rings. The van der Waals surface area contributed by atoms with Gasteiger partial charge in [0.25, 0.3) is 11.8 Å². The Morgan fingerprint density at radius 1 is 1.15 bits per heavy atom. The highest BCUT2D eigenvalue weighted by Gasteiger charge is 2.37. The molecule has 4 rings (SSSR count). The maximum absolute atomic E-state index is 13.2. The summed E-state index contributed by atoms with van der Waals surface area (Å²) in [6.07, 6.45) is 4.64. The van der Waals surface area contributed by atoms with E-state index in [2.05, 4.69) is 53.0 Å². The Balaban J connectivity index is 1.79. The quantitative estimate of drug-likeness (QED) is 0.370. The number of urea groups is 1. The lowest BCUT2D eigenvalue weighted by Crippen LogP contribution is -2.54. The summed E-state index contributed by atoms with van der Waals surface area (Å²) in [5.74, 6) is -1.46. The van der Waals surface area contributed by atoms with Crippen LogP contribution >= 0.6 is 27.5 Å². The molecule has 0 saturated carbocycles. The molecule has 2 aliphatic heterocycles. The molecule has 34 heavy (non-hydrogen) atoms. The Bertz CT molecular complexity index is 1280. The zero-order chi connectivity index (χ0) is 24.8. The van der Waals surface area contributed by atoms with Crippen LogP contribution in [0.2, 0.25) is 5.02 Å². The molecule has 0 aromatic heterocycles. The third-order valence-corrected chi connectivity index (χ3v) is 6.83. The van der Waals surface area contributed by atoms with E-state index in [4.69, 9.17) is 11.6 Å². The van der Waals surface area contributed by atoms with Crippen LogP contribution in [0.5, 0.6) is 0 Å². The topological polar surface area (TPSA) is 69.7 Å². The van der Waals surface area contributed by atoms with Crippen molar-refractivity contribution in [3.8, 4) is 0 Å². The summed E-state index contributed by atoms with van der Waals surface area (Å²) in [6, 6.07) is 9.74. The lowest BCUT2D eigenvalue weighted by molar-refractivity contribution is -0.122. The van der Waals surface area contributed by atoms with Crippen LogP contribution in [0, 0.1) is 0 Å². The number of fused-ring (bicyclic) bond motifs is 1. The lowest BCUT2D eigenvalue weighted by Gasteiger charge is -2.43. The summed E-state index contributed by atoms with van der Waals surface area (Å²) in [4.78, 5) is 41.6. The molecule has 0 aliphatic carbocycles. The molecule has 8 heteroatoms. The van der Waals surface area contributed by atoms with Gasteiger partial charge in [0.2, 0.25) is 0 Å². The van der Waals surface area contributed by atoms with Crippen LogP contribution in [0.15, 0.2) is 52.5 Å². The SMILES string of the molecule is CCCN1c2cc(Cl)c(/C=C3/C(=O)NC(=O)N(c4cccc(Br)c4)C3=O)cc2C(C)=CC1(C)C. The average molecular weight is 543 g/mol. The van der Waals surface area contributed by atoms with Crippen LogP contribution < -0.4 is 15.1 Å². The molecule has 2 aliphatic rings. The molecule has 0 bridgehead atoms. The predicted octanol–water partition coefficient (Wildman–Crippen LogP) is 6.18. The molecule has 0 radical (unpaired) electrons. The van der Waals surface area contributed by atoms with Gasteiger partial charge in [-0.25, -0.2) is 9.69 Å². The van der Waals surface area contributed by atoms with Gasteiger partial charge in [0.15, 0.2) is 0 Å². The Hall–Kier alpha value is -2.90. The average Bonchev–Trinajstić information content (AvgIpc) is 2.74. The molecular formula is C26H25BrClN3O3. The van der Waals surface area contributed by atoms with Gasteiger partial charge in [0, 0.05) is 27.3 Å². The minimum absolute atomic E-state index is 0.162. The monoisotopic (exact) mass is 541 g/mol. The Morgan fingerprint density at radius 3 is 2.56 bits per heavy atom. The molecular weight excluding hydrogens is 518 g/mol. The van der Waals surface area contributed by atoms with Gasteiger partial charge in [-0.05, 0) is 74.7 Å². The van der Waals surface area contributed by atoms with Gasteiger partial charge in [-0.15, -0.1) is 0 Å². The van der Waals surface area contributed by atoms with Gasteiger partial charge >= 0.3 is 6.03 Å². The number of nitrogens with one attached hydrogen (secondary N) is 1. The first-order chi connectivity index (χ1) is 16.0. The number of rotatable bonds is 4. The fraction of sp³-hybridized carbons (Fsp3) is 0.269. The number of allylic oxidation sites excluding steroid dienone is 1. The highest BCUT2D eigenvalue weighted by Crippen LogP contribution is 2.42. The van der Waals surface area contributed by atoms with E-state index >= 15 is 0 Å². The van der Waals surface area contributed by atoms with E-state index in [0.717, 1.165) is 34.7 Å². The normalized spacial score (nSPS) is 18.7. The van der Waals surface area contributed by atoms with E-state index in [1.165, 1.54) is 6.08 Å². The number of nitrogens with zero attached hydrogens (tertiary/aromatic N) is 2. The number of carbonyl (C=O) groups is 3. The Kier molecular flexibility index (Phi) is 6.44. The zero-order valence-corrected chi connectivity index (χ0v) is 21.8. The molecule has 2 aromatic carbocycles. The summed E-state index contributed by atoms with van der Waals surface area (Å²) in [7, 11) is 0. The predicted molar refractivity (Wildman–Crippen MR) is 140 cm³/mol. The molecule has 6 nitrogen and oxygen atoms in total. The van der Waals surface area contributed by atoms with E-state index in [-0.39, 0.29) is 11.1 Å². The molecule has 2 aromatic rings. The minimum atomic E-state index is -0.794. The van der Waals surface area contributed by atoms with Crippen molar-refractivity contribution in [2.24, 2.45) is 0 Å². The highest BCUT2D eigenvalue weighted by molar-refractivity contribution is 9.10. The van der Waals surface area contributed by atoms with E-state index < -0.39 is 17.8 Å².